The molecule has 2 N–H and O–H groups in total. The Balaban J connectivity index is 2.04. The topological polar surface area (TPSA) is 32.5 Å². The van der Waals surface area contributed by atoms with Gasteiger partial charge in [0.1, 0.15) is 5.82 Å². The van der Waals surface area contributed by atoms with Gasteiger partial charge in [-0.15, -0.1) is 0 Å². The van der Waals surface area contributed by atoms with Crippen LogP contribution in [0.1, 0.15) is 11.1 Å². The highest BCUT2D eigenvalue weighted by atomic mass is 19.1. The van der Waals surface area contributed by atoms with Crippen molar-refractivity contribution < 1.29 is 4.39 Å². The van der Waals surface area contributed by atoms with Crippen molar-refractivity contribution >= 4 is 0 Å². The second-order valence-electron chi connectivity index (χ2n) is 4.70. The third-order valence-electron chi connectivity index (χ3n) is 3.38. The van der Waals surface area contributed by atoms with E-state index in [4.69, 9.17) is 5.73 Å². The van der Waals surface area contributed by atoms with Crippen molar-refractivity contribution in [1.29, 1.82) is 0 Å². The zero-order valence-corrected chi connectivity index (χ0v) is 10.3. The molecule has 94 valence electrons. The molecule has 1 aliphatic heterocycles. The minimum Gasteiger partial charge on any atom is -0.326 e. The molecule has 2 rings (SSSR count). The molecule has 0 atom stereocenters. The highest BCUT2D eigenvalue weighted by Gasteiger charge is 2.15. The monoisotopic (exact) mass is 237 g/mol. The smallest absolute Gasteiger partial charge is 0.123 e. The molecule has 1 aromatic rings. The Morgan fingerprint density at radius 2 is 1.88 bits per heavy atom. The maximum absolute atomic E-state index is 13.2. The molecule has 0 saturated carbocycles. The summed E-state index contributed by atoms with van der Waals surface area (Å²) in [4.78, 5) is 4.67. The van der Waals surface area contributed by atoms with Gasteiger partial charge in [0.15, 0.2) is 0 Å². The Hall–Kier alpha value is -0.970. The number of hydrogen-bond acceptors (Lipinski definition) is 3. The molecule has 3 nitrogen and oxygen atoms in total. The number of hydrogen-bond donors (Lipinski definition) is 1. The molecule has 1 fully saturated rings. The van der Waals surface area contributed by atoms with Gasteiger partial charge in [0.2, 0.25) is 0 Å². The molecule has 0 bridgehead atoms. The Morgan fingerprint density at radius 3 is 2.53 bits per heavy atom. The summed E-state index contributed by atoms with van der Waals surface area (Å²) in [5.74, 6) is -0.175. The normalized spacial score (nSPS) is 18.5. The van der Waals surface area contributed by atoms with Crippen molar-refractivity contribution in [2.45, 2.75) is 13.1 Å². The second-order valence-corrected chi connectivity index (χ2v) is 4.70. The van der Waals surface area contributed by atoms with E-state index in [0.717, 1.165) is 43.9 Å². The zero-order valence-electron chi connectivity index (χ0n) is 10.3. The van der Waals surface area contributed by atoms with Gasteiger partial charge in [0.05, 0.1) is 0 Å². The number of halogens is 1. The van der Waals surface area contributed by atoms with Gasteiger partial charge in [0, 0.05) is 39.3 Å². The van der Waals surface area contributed by atoms with Crippen LogP contribution in [0.2, 0.25) is 0 Å². The van der Waals surface area contributed by atoms with Crippen molar-refractivity contribution in [1.82, 2.24) is 9.80 Å². The first-order chi connectivity index (χ1) is 8.19. The molecular formula is C13H20FN3. The molecule has 0 radical (unpaired) electrons. The highest BCUT2D eigenvalue weighted by molar-refractivity contribution is 5.27. The number of rotatable bonds is 3. The van der Waals surface area contributed by atoms with E-state index in [1.807, 2.05) is 0 Å². The minimum absolute atomic E-state index is 0.175. The lowest BCUT2D eigenvalue weighted by atomic mass is 10.1. The molecule has 0 aromatic heterocycles. The number of likely N-dealkylation sites (N-methyl/N-ethyl adjacent to an activating group) is 1. The SMILES string of the molecule is CN1CCN(Cc2cc(F)ccc2CN)CC1. The minimum atomic E-state index is -0.175. The fourth-order valence-electron chi connectivity index (χ4n) is 2.19. The molecule has 4 heteroatoms. The summed E-state index contributed by atoms with van der Waals surface area (Å²) in [6, 6.07) is 4.89. The lowest BCUT2D eigenvalue weighted by molar-refractivity contribution is 0.148. The van der Waals surface area contributed by atoms with Gasteiger partial charge in [-0.2, -0.15) is 0 Å². The third kappa shape index (κ3) is 3.25. The van der Waals surface area contributed by atoms with Crippen LogP contribution in [-0.2, 0) is 13.1 Å². The molecule has 0 spiro atoms. The average Bonchev–Trinajstić information content (AvgIpc) is 2.32. The number of benzene rings is 1. The van der Waals surface area contributed by atoms with Gasteiger partial charge in [-0.05, 0) is 30.3 Å². The van der Waals surface area contributed by atoms with E-state index in [1.165, 1.54) is 6.07 Å². The number of piperazine rings is 1. The van der Waals surface area contributed by atoms with Gasteiger partial charge < -0.3 is 10.6 Å². The van der Waals surface area contributed by atoms with Crippen molar-refractivity contribution in [3.05, 3.63) is 35.1 Å². The second kappa shape index (κ2) is 5.58. The first kappa shape index (κ1) is 12.5. The highest BCUT2D eigenvalue weighted by Crippen LogP contribution is 2.14. The van der Waals surface area contributed by atoms with Gasteiger partial charge in [-0.25, -0.2) is 4.39 Å². The summed E-state index contributed by atoms with van der Waals surface area (Å²) in [7, 11) is 2.13. The standard InChI is InChI=1S/C13H20FN3/c1-16-4-6-17(7-5-16)10-12-8-13(14)3-2-11(12)9-15/h2-3,8H,4-7,9-10,15H2,1H3. The predicted octanol–water partition coefficient (Wildman–Crippen LogP) is 1.03. The molecule has 1 aromatic carbocycles. The number of nitrogens with two attached hydrogens (primary N) is 1. The predicted molar refractivity (Wildman–Crippen MR) is 67.1 cm³/mol. The first-order valence-corrected chi connectivity index (χ1v) is 6.07. The lowest BCUT2D eigenvalue weighted by Gasteiger charge is -2.32. The Morgan fingerprint density at radius 1 is 1.18 bits per heavy atom. The van der Waals surface area contributed by atoms with E-state index < -0.39 is 0 Å². The van der Waals surface area contributed by atoms with Crippen molar-refractivity contribution in [3.63, 3.8) is 0 Å². The van der Waals surface area contributed by atoms with E-state index in [9.17, 15) is 4.39 Å². The average molecular weight is 237 g/mol. The molecule has 1 aliphatic rings. The Kier molecular flexibility index (Phi) is 4.10. The molecule has 17 heavy (non-hydrogen) atoms. The van der Waals surface area contributed by atoms with E-state index >= 15 is 0 Å². The van der Waals surface area contributed by atoms with Crippen molar-refractivity contribution in [2.24, 2.45) is 5.73 Å². The lowest BCUT2D eigenvalue weighted by Crippen LogP contribution is -2.44. The van der Waals surface area contributed by atoms with Gasteiger partial charge in [0.25, 0.3) is 0 Å². The van der Waals surface area contributed by atoms with Crippen LogP contribution in [0.5, 0.6) is 0 Å². The molecule has 1 heterocycles. The van der Waals surface area contributed by atoms with Crippen LogP contribution in [0.25, 0.3) is 0 Å². The molecule has 0 amide bonds. The van der Waals surface area contributed by atoms with E-state index in [0.29, 0.717) is 6.54 Å². The Bertz CT molecular complexity index is 373. The first-order valence-electron chi connectivity index (χ1n) is 6.07. The van der Waals surface area contributed by atoms with Crippen LogP contribution in [0.15, 0.2) is 18.2 Å². The summed E-state index contributed by atoms with van der Waals surface area (Å²) in [5.41, 5.74) is 7.75. The van der Waals surface area contributed by atoms with E-state index in [1.54, 1.807) is 12.1 Å². The van der Waals surface area contributed by atoms with Gasteiger partial charge in [-0.1, -0.05) is 6.07 Å². The van der Waals surface area contributed by atoms with E-state index in [-0.39, 0.29) is 5.82 Å². The summed E-state index contributed by atoms with van der Waals surface area (Å²) in [6.45, 7) is 5.51. The van der Waals surface area contributed by atoms with Gasteiger partial charge in [-0.3, -0.25) is 4.90 Å². The molecule has 0 unspecified atom stereocenters. The van der Waals surface area contributed by atoms with E-state index in [2.05, 4.69) is 16.8 Å². The summed E-state index contributed by atoms with van der Waals surface area (Å²) in [6.07, 6.45) is 0. The maximum atomic E-state index is 13.2. The quantitative estimate of drug-likeness (QED) is 0.852. The summed E-state index contributed by atoms with van der Waals surface area (Å²) < 4.78 is 13.2. The maximum Gasteiger partial charge on any atom is 0.123 e. The largest absolute Gasteiger partial charge is 0.326 e. The molecule has 0 aliphatic carbocycles. The van der Waals surface area contributed by atoms with Crippen LogP contribution in [-0.4, -0.2) is 43.0 Å². The summed E-state index contributed by atoms with van der Waals surface area (Å²) >= 11 is 0. The van der Waals surface area contributed by atoms with Crippen LogP contribution >= 0.6 is 0 Å². The molecule has 1 saturated heterocycles. The van der Waals surface area contributed by atoms with Crippen molar-refractivity contribution in [3.8, 4) is 0 Å². The third-order valence-corrected chi connectivity index (χ3v) is 3.38. The Labute approximate surface area is 102 Å². The van der Waals surface area contributed by atoms with Crippen LogP contribution in [0.3, 0.4) is 0 Å². The van der Waals surface area contributed by atoms with Crippen molar-refractivity contribution in [2.75, 3.05) is 33.2 Å². The molecular weight excluding hydrogens is 217 g/mol. The zero-order chi connectivity index (χ0) is 12.3. The van der Waals surface area contributed by atoms with Crippen LogP contribution in [0.4, 0.5) is 4.39 Å². The van der Waals surface area contributed by atoms with Gasteiger partial charge >= 0.3 is 0 Å². The van der Waals surface area contributed by atoms with Crippen LogP contribution in [0, 0.1) is 5.82 Å². The fraction of sp³-hybridized carbons (Fsp3) is 0.538. The number of nitrogens with zero attached hydrogens (tertiary/aromatic N) is 2. The fourth-order valence-corrected chi connectivity index (χ4v) is 2.19. The van der Waals surface area contributed by atoms with Crippen LogP contribution < -0.4 is 5.73 Å². The summed E-state index contributed by atoms with van der Waals surface area (Å²) in [5, 5.41) is 0.